The van der Waals surface area contributed by atoms with Crippen molar-refractivity contribution >= 4 is 0 Å². The minimum atomic E-state index is 0.496. The number of hydrogen-bond donors (Lipinski definition) is 0. The Morgan fingerprint density at radius 2 is 1.67 bits per heavy atom. The van der Waals surface area contributed by atoms with Crippen LogP contribution in [-0.2, 0) is 20.2 Å². The quantitative estimate of drug-likeness (QED) is 0.693. The first-order valence-electron chi connectivity index (χ1n) is 8.84. The average molecular weight is 329 g/mol. The van der Waals surface area contributed by atoms with Gasteiger partial charge in [-0.25, -0.2) is 4.98 Å². The lowest BCUT2D eigenvalue weighted by Gasteiger charge is -2.26. The van der Waals surface area contributed by atoms with Gasteiger partial charge in [-0.1, -0.05) is 39.8 Å². The van der Waals surface area contributed by atoms with Crippen LogP contribution >= 0.6 is 0 Å². The van der Waals surface area contributed by atoms with E-state index >= 15 is 0 Å². The average Bonchev–Trinajstić information content (AvgIpc) is 2.90. The van der Waals surface area contributed by atoms with Gasteiger partial charge in [-0.2, -0.15) is 0 Å². The molecule has 4 nitrogen and oxygen atoms in total. The highest BCUT2D eigenvalue weighted by Crippen LogP contribution is 2.16. The number of benzene rings is 1. The molecule has 0 atom stereocenters. The summed E-state index contributed by atoms with van der Waals surface area (Å²) in [6.07, 6.45) is 3.72. The fraction of sp³-hybridized carbons (Fsp3) is 0.550. The number of hydrogen-bond acceptors (Lipinski definition) is 3. The van der Waals surface area contributed by atoms with E-state index in [2.05, 4.69) is 61.8 Å². The van der Waals surface area contributed by atoms with Gasteiger partial charge in [0.2, 0.25) is 0 Å². The van der Waals surface area contributed by atoms with Gasteiger partial charge in [0, 0.05) is 39.1 Å². The molecule has 0 saturated carbocycles. The summed E-state index contributed by atoms with van der Waals surface area (Å²) in [4.78, 5) is 6.81. The van der Waals surface area contributed by atoms with Crippen molar-refractivity contribution in [2.24, 2.45) is 18.9 Å². The molecule has 1 aromatic heterocycles. The third-order valence-electron chi connectivity index (χ3n) is 3.87. The molecule has 0 N–H and O–H groups in total. The third kappa shape index (κ3) is 6.00. The van der Waals surface area contributed by atoms with E-state index in [1.165, 1.54) is 5.56 Å². The Morgan fingerprint density at radius 3 is 2.17 bits per heavy atom. The molecule has 0 fully saturated rings. The summed E-state index contributed by atoms with van der Waals surface area (Å²) in [7, 11) is 1.98. The summed E-state index contributed by atoms with van der Waals surface area (Å²) in [6, 6.07) is 8.45. The van der Waals surface area contributed by atoms with Gasteiger partial charge < -0.3 is 9.30 Å². The van der Waals surface area contributed by atoms with Crippen molar-refractivity contribution < 1.29 is 4.74 Å². The molecule has 0 bridgehead atoms. The van der Waals surface area contributed by atoms with Crippen molar-refractivity contribution in [2.75, 3.05) is 13.1 Å². The van der Waals surface area contributed by atoms with Gasteiger partial charge >= 0.3 is 0 Å². The highest BCUT2D eigenvalue weighted by Gasteiger charge is 2.10. The van der Waals surface area contributed by atoms with Gasteiger partial charge in [0.25, 0.3) is 0 Å². The molecule has 1 aromatic carbocycles. The van der Waals surface area contributed by atoms with Crippen LogP contribution in [-0.4, -0.2) is 27.5 Å². The van der Waals surface area contributed by atoms with Gasteiger partial charge in [0.15, 0.2) is 0 Å². The summed E-state index contributed by atoms with van der Waals surface area (Å²) in [6.45, 7) is 12.9. The Hall–Kier alpha value is -1.81. The molecule has 4 heteroatoms. The number of rotatable bonds is 9. The highest BCUT2D eigenvalue weighted by atomic mass is 16.5. The van der Waals surface area contributed by atoms with E-state index in [1.807, 2.05) is 17.8 Å². The van der Waals surface area contributed by atoms with Crippen LogP contribution in [0.1, 0.15) is 39.1 Å². The molecule has 1 heterocycles. The van der Waals surface area contributed by atoms with Gasteiger partial charge in [-0.3, -0.25) is 4.90 Å². The lowest BCUT2D eigenvalue weighted by atomic mass is 10.1. The molecule has 2 aromatic rings. The third-order valence-corrected chi connectivity index (χ3v) is 3.87. The van der Waals surface area contributed by atoms with Crippen LogP contribution in [0, 0.1) is 11.8 Å². The maximum atomic E-state index is 5.82. The van der Waals surface area contributed by atoms with Crippen molar-refractivity contribution in [2.45, 2.75) is 40.8 Å². The zero-order chi connectivity index (χ0) is 17.5. The summed E-state index contributed by atoms with van der Waals surface area (Å²) in [5.41, 5.74) is 1.33. The molecule has 0 radical (unpaired) electrons. The van der Waals surface area contributed by atoms with Gasteiger partial charge in [-0.05, 0) is 29.5 Å². The fourth-order valence-corrected chi connectivity index (χ4v) is 2.87. The summed E-state index contributed by atoms with van der Waals surface area (Å²) >= 11 is 0. The lowest BCUT2D eigenvalue weighted by Crippen LogP contribution is -2.30. The fourth-order valence-electron chi connectivity index (χ4n) is 2.87. The van der Waals surface area contributed by atoms with Gasteiger partial charge in [0.1, 0.15) is 18.2 Å². The number of aryl methyl sites for hydroxylation is 1. The second-order valence-corrected chi connectivity index (χ2v) is 7.37. The summed E-state index contributed by atoms with van der Waals surface area (Å²) in [5, 5.41) is 0. The second-order valence-electron chi connectivity index (χ2n) is 7.37. The molecule has 0 unspecified atom stereocenters. The van der Waals surface area contributed by atoms with E-state index in [0.29, 0.717) is 18.4 Å². The molecular weight excluding hydrogens is 298 g/mol. The Kier molecular flexibility index (Phi) is 6.85. The van der Waals surface area contributed by atoms with Crippen LogP contribution in [0.4, 0.5) is 0 Å². The topological polar surface area (TPSA) is 30.3 Å². The summed E-state index contributed by atoms with van der Waals surface area (Å²) < 4.78 is 7.80. The van der Waals surface area contributed by atoms with Crippen LogP contribution in [0.2, 0.25) is 0 Å². The lowest BCUT2D eigenvalue weighted by molar-refractivity contribution is 0.211. The molecule has 0 aliphatic carbocycles. The number of imidazole rings is 1. The zero-order valence-electron chi connectivity index (χ0n) is 15.7. The van der Waals surface area contributed by atoms with Crippen LogP contribution in [0.25, 0.3) is 0 Å². The zero-order valence-corrected chi connectivity index (χ0v) is 15.7. The monoisotopic (exact) mass is 329 g/mol. The highest BCUT2D eigenvalue weighted by molar-refractivity contribution is 5.27. The molecule has 132 valence electrons. The van der Waals surface area contributed by atoms with Crippen molar-refractivity contribution in [3.05, 3.63) is 48.0 Å². The molecular formula is C20H31N3O. The Morgan fingerprint density at radius 1 is 1.04 bits per heavy atom. The maximum absolute atomic E-state index is 5.82. The largest absolute Gasteiger partial charge is 0.486 e. The van der Waals surface area contributed by atoms with Crippen LogP contribution in [0.5, 0.6) is 5.75 Å². The smallest absolute Gasteiger partial charge is 0.146 e. The maximum Gasteiger partial charge on any atom is 0.146 e. The minimum absolute atomic E-state index is 0.496. The molecule has 0 amide bonds. The van der Waals surface area contributed by atoms with E-state index in [-0.39, 0.29) is 0 Å². The summed E-state index contributed by atoms with van der Waals surface area (Å²) in [5.74, 6) is 3.19. The predicted molar refractivity (Wildman–Crippen MR) is 98.9 cm³/mol. The van der Waals surface area contributed by atoms with Crippen LogP contribution in [0.3, 0.4) is 0 Å². The van der Waals surface area contributed by atoms with E-state index in [4.69, 9.17) is 4.74 Å². The van der Waals surface area contributed by atoms with Gasteiger partial charge in [0.05, 0.1) is 0 Å². The number of aromatic nitrogens is 2. The SMILES string of the molecule is CC(C)CN(Cc1ccc(OCc2nccn2C)cc1)CC(C)C. The van der Waals surface area contributed by atoms with Gasteiger partial charge in [-0.15, -0.1) is 0 Å². The number of ether oxygens (including phenoxy) is 1. The van der Waals surface area contributed by atoms with E-state index in [0.717, 1.165) is 31.2 Å². The second kappa shape index (κ2) is 8.88. The van der Waals surface area contributed by atoms with Crippen molar-refractivity contribution in [3.63, 3.8) is 0 Å². The van der Waals surface area contributed by atoms with E-state index < -0.39 is 0 Å². The van der Waals surface area contributed by atoms with Crippen molar-refractivity contribution in [3.8, 4) is 5.75 Å². The first kappa shape index (κ1) is 18.5. The normalized spacial score (nSPS) is 11.7. The Labute approximate surface area is 146 Å². The van der Waals surface area contributed by atoms with Crippen molar-refractivity contribution in [1.29, 1.82) is 0 Å². The van der Waals surface area contributed by atoms with E-state index in [9.17, 15) is 0 Å². The predicted octanol–water partition coefficient (Wildman–Crippen LogP) is 4.11. The van der Waals surface area contributed by atoms with Crippen LogP contribution < -0.4 is 4.74 Å². The molecule has 0 aliphatic rings. The molecule has 0 aliphatic heterocycles. The molecule has 0 saturated heterocycles. The Bertz CT molecular complexity index is 592. The minimum Gasteiger partial charge on any atom is -0.486 e. The van der Waals surface area contributed by atoms with E-state index in [1.54, 1.807) is 6.20 Å². The van der Waals surface area contributed by atoms with Crippen LogP contribution in [0.15, 0.2) is 36.7 Å². The molecule has 2 rings (SSSR count). The molecule has 24 heavy (non-hydrogen) atoms. The van der Waals surface area contributed by atoms with Crippen molar-refractivity contribution in [1.82, 2.24) is 14.5 Å². The first-order valence-corrected chi connectivity index (χ1v) is 8.84. The first-order chi connectivity index (χ1) is 11.4. The number of nitrogens with zero attached hydrogens (tertiary/aromatic N) is 3. The molecule has 0 spiro atoms. The Balaban J connectivity index is 1.91. The standard InChI is InChI=1S/C20H31N3O/c1-16(2)12-23(13-17(3)4)14-18-6-8-19(9-7-18)24-15-20-21-10-11-22(20)5/h6-11,16-17H,12-15H2,1-5H3.